The molecule has 0 amide bonds. The molecule has 3 nitrogen and oxygen atoms in total. The molecule has 0 atom stereocenters. The van der Waals surface area contributed by atoms with Crippen molar-refractivity contribution in [1.29, 1.82) is 0 Å². The summed E-state index contributed by atoms with van der Waals surface area (Å²) in [5.74, 6) is -0.238. The second kappa shape index (κ2) is 7.06. The second-order valence-corrected chi connectivity index (χ2v) is 3.97. The van der Waals surface area contributed by atoms with Crippen molar-refractivity contribution in [2.75, 3.05) is 11.1 Å². The van der Waals surface area contributed by atoms with Crippen LogP contribution in [-0.4, -0.2) is 24.1 Å². The van der Waals surface area contributed by atoms with Gasteiger partial charge in [0.15, 0.2) is 0 Å². The van der Waals surface area contributed by atoms with E-state index in [1.54, 1.807) is 0 Å². The third-order valence-electron chi connectivity index (χ3n) is 0.778. The van der Waals surface area contributed by atoms with Gasteiger partial charge in [-0.1, -0.05) is 15.9 Å². The van der Waals surface area contributed by atoms with Crippen LogP contribution < -0.4 is 29.6 Å². The zero-order valence-corrected chi connectivity index (χ0v) is 10.2. The van der Waals surface area contributed by atoms with Crippen molar-refractivity contribution in [3.63, 3.8) is 0 Å². The molecule has 0 saturated heterocycles. The van der Waals surface area contributed by atoms with Gasteiger partial charge in [-0.15, -0.1) is 0 Å². The third-order valence-corrected chi connectivity index (χ3v) is 2.13. The van der Waals surface area contributed by atoms with Crippen molar-refractivity contribution in [1.82, 2.24) is 0 Å². The van der Waals surface area contributed by atoms with Crippen molar-refractivity contribution >= 4 is 26.0 Å². The molecule has 0 aliphatic carbocycles. The van der Waals surface area contributed by atoms with Gasteiger partial charge in [0, 0.05) is 11.1 Å². The predicted molar refractivity (Wildman–Crippen MR) is 37.6 cm³/mol. The van der Waals surface area contributed by atoms with Gasteiger partial charge in [-0.3, -0.25) is 0 Å². The van der Waals surface area contributed by atoms with Crippen molar-refractivity contribution < 1.29 is 42.5 Å². The minimum absolute atomic E-state index is 0. The Hall–Kier alpha value is 1.39. The van der Waals surface area contributed by atoms with E-state index in [2.05, 4.69) is 15.9 Å². The molecule has 0 aromatic carbocycles. The minimum atomic E-state index is -3.97. The SMILES string of the molecule is O=S(=O)([O-])CCCCBr.[Na+]. The molecule has 0 aliphatic rings. The number of halogens is 1. The molecule has 0 saturated carbocycles. The summed E-state index contributed by atoms with van der Waals surface area (Å²) in [7, 11) is -3.97. The molecule has 0 fully saturated rings. The zero-order valence-electron chi connectivity index (χ0n) is 5.84. The molecule has 0 rings (SSSR count). The number of alkyl halides is 1. The van der Waals surface area contributed by atoms with Gasteiger partial charge in [-0.2, -0.15) is 0 Å². The Bertz CT molecular complexity index is 156. The Kier molecular flexibility index (Phi) is 9.85. The summed E-state index contributed by atoms with van der Waals surface area (Å²) in [6.07, 6.45) is 1.19. The summed E-state index contributed by atoms with van der Waals surface area (Å²) < 4.78 is 29.8. The van der Waals surface area contributed by atoms with Crippen LogP contribution >= 0.6 is 15.9 Å². The average Bonchev–Trinajstić information content (AvgIpc) is 1.63. The summed E-state index contributed by atoms with van der Waals surface area (Å²) in [6.45, 7) is 0. The molecule has 0 radical (unpaired) electrons. The van der Waals surface area contributed by atoms with Gasteiger partial charge < -0.3 is 4.55 Å². The molecule has 0 heterocycles. The summed E-state index contributed by atoms with van der Waals surface area (Å²) in [4.78, 5) is 0. The normalized spacial score (nSPS) is 10.6. The van der Waals surface area contributed by atoms with E-state index in [-0.39, 0.29) is 35.3 Å². The Morgan fingerprint density at radius 1 is 1.30 bits per heavy atom. The maximum atomic E-state index is 9.94. The first-order valence-electron chi connectivity index (χ1n) is 2.56. The van der Waals surface area contributed by atoms with E-state index >= 15 is 0 Å². The van der Waals surface area contributed by atoms with Gasteiger partial charge >= 0.3 is 29.6 Å². The van der Waals surface area contributed by atoms with Crippen LogP contribution in [0, 0.1) is 0 Å². The first-order chi connectivity index (χ1) is 4.06. The molecule has 6 heteroatoms. The van der Waals surface area contributed by atoms with E-state index in [1.807, 2.05) is 0 Å². The predicted octanol–water partition coefficient (Wildman–Crippen LogP) is -2.29. The molecule has 56 valence electrons. The van der Waals surface area contributed by atoms with Crippen molar-refractivity contribution in [2.24, 2.45) is 0 Å². The van der Waals surface area contributed by atoms with Crippen molar-refractivity contribution in [3.05, 3.63) is 0 Å². The summed E-state index contributed by atoms with van der Waals surface area (Å²) in [5, 5.41) is 0.752. The maximum absolute atomic E-state index is 9.94. The summed E-state index contributed by atoms with van der Waals surface area (Å²) in [6, 6.07) is 0. The van der Waals surface area contributed by atoms with E-state index in [9.17, 15) is 13.0 Å². The Morgan fingerprint density at radius 2 is 1.80 bits per heavy atom. The Balaban J connectivity index is 0. The van der Waals surface area contributed by atoms with E-state index in [0.29, 0.717) is 6.42 Å². The number of rotatable bonds is 4. The van der Waals surface area contributed by atoms with Gasteiger partial charge in [-0.05, 0) is 12.8 Å². The van der Waals surface area contributed by atoms with E-state index in [1.165, 1.54) is 0 Å². The van der Waals surface area contributed by atoms with Gasteiger partial charge in [0.25, 0.3) is 0 Å². The average molecular weight is 239 g/mol. The van der Waals surface area contributed by atoms with Crippen LogP contribution in [0.1, 0.15) is 12.8 Å². The topological polar surface area (TPSA) is 57.2 Å². The fourth-order valence-electron chi connectivity index (χ4n) is 0.373. The number of hydrogen-bond donors (Lipinski definition) is 0. The molecule has 0 aliphatic heterocycles. The zero-order chi connectivity index (χ0) is 7.33. The first-order valence-corrected chi connectivity index (χ1v) is 5.25. The number of unbranched alkanes of at least 4 members (excludes halogenated alkanes) is 1. The smallest absolute Gasteiger partial charge is 0.748 e. The fourth-order valence-corrected chi connectivity index (χ4v) is 1.33. The largest absolute Gasteiger partial charge is 1.00 e. The molecule has 10 heavy (non-hydrogen) atoms. The van der Waals surface area contributed by atoms with E-state index in [0.717, 1.165) is 11.8 Å². The molecule has 0 aromatic heterocycles. The van der Waals surface area contributed by atoms with Crippen LogP contribution in [-0.2, 0) is 10.1 Å². The van der Waals surface area contributed by atoms with Crippen molar-refractivity contribution in [3.8, 4) is 0 Å². The van der Waals surface area contributed by atoms with Crippen molar-refractivity contribution in [2.45, 2.75) is 12.8 Å². The van der Waals surface area contributed by atoms with Crippen LogP contribution in [0.5, 0.6) is 0 Å². The maximum Gasteiger partial charge on any atom is 1.00 e. The first kappa shape index (κ1) is 13.9. The monoisotopic (exact) mass is 238 g/mol. The Morgan fingerprint density at radius 3 is 2.10 bits per heavy atom. The van der Waals surface area contributed by atoms with Crippen LogP contribution in [0.15, 0.2) is 0 Å². The molecule has 0 aromatic rings. The summed E-state index contributed by atoms with van der Waals surface area (Å²) >= 11 is 3.12. The van der Waals surface area contributed by atoms with Crippen LogP contribution in [0.25, 0.3) is 0 Å². The number of hydrogen-bond acceptors (Lipinski definition) is 3. The third kappa shape index (κ3) is 12.1. The van der Waals surface area contributed by atoms with Crippen LogP contribution in [0.4, 0.5) is 0 Å². The van der Waals surface area contributed by atoms with Gasteiger partial charge in [0.2, 0.25) is 0 Å². The van der Waals surface area contributed by atoms with E-state index < -0.39 is 10.1 Å². The van der Waals surface area contributed by atoms with Gasteiger partial charge in [0.05, 0.1) is 10.1 Å². The molecule has 0 spiro atoms. The van der Waals surface area contributed by atoms with Gasteiger partial charge in [0.1, 0.15) is 0 Å². The fraction of sp³-hybridized carbons (Fsp3) is 1.00. The molecular weight excluding hydrogens is 231 g/mol. The van der Waals surface area contributed by atoms with Crippen LogP contribution in [0.2, 0.25) is 0 Å². The quantitative estimate of drug-likeness (QED) is 0.240. The second-order valence-electron chi connectivity index (χ2n) is 1.66. The minimum Gasteiger partial charge on any atom is -0.748 e. The summed E-state index contributed by atoms with van der Waals surface area (Å²) in [5.41, 5.74) is 0. The van der Waals surface area contributed by atoms with E-state index in [4.69, 9.17) is 0 Å². The molecule has 0 N–H and O–H groups in total. The van der Waals surface area contributed by atoms with Gasteiger partial charge in [-0.25, -0.2) is 8.42 Å². The van der Waals surface area contributed by atoms with Crippen LogP contribution in [0.3, 0.4) is 0 Å². The molecule has 0 unspecified atom stereocenters. The Labute approximate surface area is 91.7 Å². The molecule has 0 bridgehead atoms. The standard InChI is InChI=1S/C4H9BrO3S.Na/c5-3-1-2-4-9(6,7)8;/h1-4H2,(H,6,7,8);/q;+1/p-1. The molecular formula is C4H8BrNaO3S.